The van der Waals surface area contributed by atoms with Crippen molar-refractivity contribution in [3.63, 3.8) is 0 Å². The van der Waals surface area contributed by atoms with Gasteiger partial charge in [0.2, 0.25) is 0 Å². The predicted octanol–water partition coefficient (Wildman–Crippen LogP) is 7.37. The summed E-state index contributed by atoms with van der Waals surface area (Å²) in [5.41, 5.74) is 0. The fourth-order valence-electron chi connectivity index (χ4n) is 3.39. The van der Waals surface area contributed by atoms with Crippen LogP contribution >= 0.6 is 7.26 Å². The van der Waals surface area contributed by atoms with E-state index in [9.17, 15) is 0 Å². The lowest BCUT2D eigenvalue weighted by Gasteiger charge is -2.26. The van der Waals surface area contributed by atoms with Crippen LogP contribution in [0.4, 0.5) is 0 Å². The lowest BCUT2D eigenvalue weighted by molar-refractivity contribution is 0.624. The molecule has 0 N–H and O–H groups in total. The highest BCUT2D eigenvalue weighted by Crippen LogP contribution is 2.60. The van der Waals surface area contributed by atoms with Gasteiger partial charge in [-0.2, -0.15) is 0 Å². The lowest BCUT2D eigenvalue weighted by atomic mass is 10.1. The molecule has 0 amide bonds. The minimum Gasteiger partial charge on any atom is -0.0654 e. The molecule has 0 radical (unpaired) electrons. The van der Waals surface area contributed by atoms with E-state index < -0.39 is 7.26 Å². The molecule has 0 aromatic carbocycles. The molecule has 1 atom stereocenters. The van der Waals surface area contributed by atoms with E-state index >= 15 is 0 Å². The van der Waals surface area contributed by atoms with Gasteiger partial charge in [0.05, 0.1) is 24.6 Å². The highest BCUT2D eigenvalue weighted by molar-refractivity contribution is 7.75. The van der Waals surface area contributed by atoms with Crippen molar-refractivity contribution in [1.29, 1.82) is 0 Å². The van der Waals surface area contributed by atoms with Crippen molar-refractivity contribution in [2.24, 2.45) is 0 Å². The third-order valence-corrected chi connectivity index (χ3v) is 10.1. The number of hydrogen-bond acceptors (Lipinski definition) is 0. The summed E-state index contributed by atoms with van der Waals surface area (Å²) >= 11 is 0. The molecule has 0 aromatic heterocycles. The van der Waals surface area contributed by atoms with Gasteiger partial charge in [-0.1, -0.05) is 59.3 Å². The van der Waals surface area contributed by atoms with Crippen LogP contribution in [0.5, 0.6) is 0 Å². The Bertz CT molecular complexity index is 190. The summed E-state index contributed by atoms with van der Waals surface area (Å²) in [7, 11) is -0.573. The van der Waals surface area contributed by atoms with Crippen molar-refractivity contribution >= 4 is 7.26 Å². The zero-order valence-electron chi connectivity index (χ0n) is 15.1. The summed E-state index contributed by atoms with van der Waals surface area (Å²) in [5.74, 6) is 0. The summed E-state index contributed by atoms with van der Waals surface area (Å²) in [6.07, 6.45) is 22.4. The Balaban J connectivity index is 3.97. The van der Waals surface area contributed by atoms with Crippen molar-refractivity contribution in [3.05, 3.63) is 0 Å². The highest BCUT2D eigenvalue weighted by Gasteiger charge is 2.32. The van der Waals surface area contributed by atoms with Crippen LogP contribution in [0, 0.1) is 0 Å². The molecule has 1 unspecified atom stereocenters. The molecule has 0 saturated carbocycles. The van der Waals surface area contributed by atoms with Gasteiger partial charge in [0.15, 0.2) is 0 Å². The predicted molar refractivity (Wildman–Crippen MR) is 99.9 cm³/mol. The van der Waals surface area contributed by atoms with Crippen LogP contribution < -0.4 is 0 Å². The van der Waals surface area contributed by atoms with E-state index in [1.807, 2.05) is 0 Å². The fourth-order valence-corrected chi connectivity index (χ4v) is 7.74. The van der Waals surface area contributed by atoms with Gasteiger partial charge < -0.3 is 0 Å². The van der Waals surface area contributed by atoms with E-state index in [-0.39, 0.29) is 0 Å². The van der Waals surface area contributed by atoms with Crippen LogP contribution in [0.1, 0.15) is 98.3 Å². The topological polar surface area (TPSA) is 0 Å². The number of unbranched alkanes of at least 4 members (excludes halogenated alkanes) is 8. The molecule has 0 aliphatic rings. The maximum Gasteiger partial charge on any atom is 0.0594 e. The van der Waals surface area contributed by atoms with Gasteiger partial charge in [-0.3, -0.25) is 0 Å². The molecule has 20 heavy (non-hydrogen) atoms. The minimum absolute atomic E-state index is 0.573. The van der Waals surface area contributed by atoms with Crippen LogP contribution in [0.2, 0.25) is 0 Å². The van der Waals surface area contributed by atoms with Crippen LogP contribution in [0.3, 0.4) is 0 Å². The normalized spacial score (nSPS) is 14.4. The Kier molecular flexibility index (Phi) is 14.7. The Morgan fingerprint density at radius 3 is 1.35 bits per heavy atom. The zero-order chi connectivity index (χ0) is 15.1. The van der Waals surface area contributed by atoms with Gasteiger partial charge in [0, 0.05) is 7.26 Å². The number of rotatable bonds is 15. The molecule has 0 spiro atoms. The first kappa shape index (κ1) is 20.4. The largest absolute Gasteiger partial charge is 0.0654 e. The second-order valence-corrected chi connectivity index (χ2v) is 11.3. The summed E-state index contributed by atoms with van der Waals surface area (Å²) in [6, 6.07) is 0. The van der Waals surface area contributed by atoms with Crippen LogP contribution in [-0.4, -0.2) is 24.6 Å². The van der Waals surface area contributed by atoms with Crippen LogP contribution in [-0.2, 0) is 0 Å². The molecule has 0 bridgehead atoms. The lowest BCUT2D eigenvalue weighted by Crippen LogP contribution is -2.11. The second-order valence-electron chi connectivity index (χ2n) is 6.66. The summed E-state index contributed by atoms with van der Waals surface area (Å²) in [6.45, 7) is 9.52. The Morgan fingerprint density at radius 1 is 0.450 bits per heavy atom. The third kappa shape index (κ3) is 10.2. The SMILES string of the molecule is CCCCCCCC[P+](CC)(CCC)CCCCCC. The molecule has 0 aliphatic heterocycles. The highest BCUT2D eigenvalue weighted by atomic mass is 31.2. The standard InChI is InChI=1S/C19H42P/c1-5-9-11-13-14-16-19-20(8-4,17-7-3)18-15-12-10-6-2/h5-19H2,1-4H3/q+1. The van der Waals surface area contributed by atoms with Crippen LogP contribution in [0.15, 0.2) is 0 Å². The van der Waals surface area contributed by atoms with E-state index in [1.54, 1.807) is 18.5 Å². The van der Waals surface area contributed by atoms with E-state index in [4.69, 9.17) is 0 Å². The fraction of sp³-hybridized carbons (Fsp3) is 1.00. The van der Waals surface area contributed by atoms with Crippen molar-refractivity contribution in [2.75, 3.05) is 24.6 Å². The van der Waals surface area contributed by atoms with Gasteiger partial charge in [-0.05, 0) is 39.0 Å². The molecule has 0 fully saturated rings. The molecule has 122 valence electrons. The molecule has 1 heteroatoms. The van der Waals surface area contributed by atoms with E-state index in [1.165, 1.54) is 76.8 Å². The van der Waals surface area contributed by atoms with Gasteiger partial charge in [-0.25, -0.2) is 0 Å². The quantitative estimate of drug-likeness (QED) is 0.219. The maximum absolute atomic E-state index is 2.49. The van der Waals surface area contributed by atoms with Gasteiger partial charge in [-0.15, -0.1) is 0 Å². The Labute approximate surface area is 130 Å². The first-order valence-electron chi connectivity index (χ1n) is 9.59. The zero-order valence-corrected chi connectivity index (χ0v) is 15.9. The molecule has 0 rings (SSSR count). The monoisotopic (exact) mass is 301 g/mol. The average molecular weight is 302 g/mol. The molecule has 0 nitrogen and oxygen atoms in total. The Morgan fingerprint density at radius 2 is 0.900 bits per heavy atom. The van der Waals surface area contributed by atoms with Gasteiger partial charge in [0.1, 0.15) is 0 Å². The maximum atomic E-state index is 2.49. The smallest absolute Gasteiger partial charge is 0.0594 e. The van der Waals surface area contributed by atoms with Gasteiger partial charge >= 0.3 is 0 Å². The third-order valence-electron chi connectivity index (χ3n) is 4.84. The first-order chi connectivity index (χ1) is 9.74. The average Bonchev–Trinajstić information content (AvgIpc) is 2.47. The van der Waals surface area contributed by atoms with Crippen LogP contribution in [0.25, 0.3) is 0 Å². The van der Waals surface area contributed by atoms with E-state index in [0.717, 1.165) is 0 Å². The van der Waals surface area contributed by atoms with Gasteiger partial charge in [0.25, 0.3) is 0 Å². The van der Waals surface area contributed by atoms with E-state index in [0.29, 0.717) is 0 Å². The van der Waals surface area contributed by atoms with Crippen molar-refractivity contribution in [2.45, 2.75) is 98.3 Å². The molecule has 0 saturated heterocycles. The summed E-state index contributed by atoms with van der Waals surface area (Å²) < 4.78 is 0. The molecule has 0 heterocycles. The second kappa shape index (κ2) is 14.4. The van der Waals surface area contributed by atoms with Crippen molar-refractivity contribution < 1.29 is 0 Å². The Hall–Kier alpha value is 0.430. The minimum atomic E-state index is -0.573. The molecular formula is C19H42P+. The summed E-state index contributed by atoms with van der Waals surface area (Å²) in [4.78, 5) is 0. The molecule has 0 aliphatic carbocycles. The van der Waals surface area contributed by atoms with E-state index in [2.05, 4.69) is 27.7 Å². The molecule has 0 aromatic rings. The van der Waals surface area contributed by atoms with Crippen molar-refractivity contribution in [1.82, 2.24) is 0 Å². The summed E-state index contributed by atoms with van der Waals surface area (Å²) in [5, 5.41) is 0. The first-order valence-corrected chi connectivity index (χ1v) is 12.1. The number of hydrogen-bond donors (Lipinski definition) is 0. The van der Waals surface area contributed by atoms with Crippen molar-refractivity contribution in [3.8, 4) is 0 Å². The molecular weight excluding hydrogens is 259 g/mol.